The predicted molar refractivity (Wildman–Crippen MR) is 112 cm³/mol. The largest absolute Gasteiger partial charge is 0.496 e. The molecule has 0 bridgehead atoms. The minimum Gasteiger partial charge on any atom is -0.496 e. The van der Waals surface area contributed by atoms with Gasteiger partial charge in [-0.05, 0) is 47.9 Å². The van der Waals surface area contributed by atoms with Crippen molar-refractivity contribution in [2.45, 2.75) is 26.5 Å². The third kappa shape index (κ3) is 3.02. The molecule has 0 saturated carbocycles. The minimum absolute atomic E-state index is 0.0177. The first kappa shape index (κ1) is 17.7. The number of nitrogens with zero attached hydrogens (tertiary/aromatic N) is 2. The number of nitrogens with two attached hydrogens (primary N) is 1. The summed E-state index contributed by atoms with van der Waals surface area (Å²) in [6, 6.07) is 9.01. The molecular weight excluding hydrogens is 366 g/mol. The van der Waals surface area contributed by atoms with Crippen LogP contribution in [0.25, 0.3) is 33.4 Å². The highest BCUT2D eigenvalue weighted by Crippen LogP contribution is 2.29. The minimum atomic E-state index is -0.646. The molecule has 6 heteroatoms. The Morgan fingerprint density at radius 2 is 2.07 bits per heavy atom. The highest BCUT2D eigenvalue weighted by Gasteiger charge is 2.20. The Bertz CT molecular complexity index is 1300. The van der Waals surface area contributed by atoms with Gasteiger partial charge in [-0.25, -0.2) is 9.78 Å². The van der Waals surface area contributed by atoms with Gasteiger partial charge in [0, 0.05) is 28.7 Å². The summed E-state index contributed by atoms with van der Waals surface area (Å²) in [4.78, 5) is 17.0. The maximum atomic E-state index is 12.2. The average molecular weight is 387 g/mol. The summed E-state index contributed by atoms with van der Waals surface area (Å²) in [6.07, 6.45) is 7.84. The molecule has 0 fully saturated rings. The van der Waals surface area contributed by atoms with Crippen molar-refractivity contribution < 1.29 is 14.3 Å². The number of carbonyl (C=O) groups excluding carboxylic acids is 1. The highest BCUT2D eigenvalue weighted by atomic mass is 16.5. The number of rotatable bonds is 3. The van der Waals surface area contributed by atoms with Crippen molar-refractivity contribution in [1.82, 2.24) is 9.38 Å². The molecule has 1 aliphatic heterocycles. The molecule has 2 N–H and O–H groups in total. The van der Waals surface area contributed by atoms with Crippen molar-refractivity contribution >= 4 is 39.4 Å². The van der Waals surface area contributed by atoms with Crippen LogP contribution in [0.1, 0.15) is 25.0 Å². The van der Waals surface area contributed by atoms with Gasteiger partial charge >= 0.3 is 5.97 Å². The molecular formula is C23H21N3O3. The highest BCUT2D eigenvalue weighted by molar-refractivity contribution is 6.01. The van der Waals surface area contributed by atoms with E-state index in [1.165, 1.54) is 0 Å². The third-order valence-electron chi connectivity index (χ3n) is 5.36. The van der Waals surface area contributed by atoms with E-state index in [4.69, 9.17) is 20.2 Å². The standard InChI is InChI=1S/C23H21N3O3/c1-13(2)21(24)23(27)29-18-3-4-19-15(8-18)7-16-10-26-11-17-12-28-6-5-14(17)9-20(26)22(16)25-19/h3-11,13,21H,12,24H2,1-2H3/t21-/m0/s1. The van der Waals surface area contributed by atoms with E-state index < -0.39 is 12.0 Å². The van der Waals surface area contributed by atoms with Crippen molar-refractivity contribution in [2.24, 2.45) is 11.7 Å². The lowest BCUT2D eigenvalue weighted by Crippen LogP contribution is -2.38. The topological polar surface area (TPSA) is 78.9 Å². The van der Waals surface area contributed by atoms with Crippen LogP contribution in [0.2, 0.25) is 0 Å². The number of fused-ring (bicyclic) bond motifs is 5. The molecule has 0 radical (unpaired) electrons. The fraction of sp³-hybridized carbons (Fsp3) is 0.217. The number of esters is 1. The Kier molecular flexibility index (Phi) is 4.03. The zero-order chi connectivity index (χ0) is 20.1. The Morgan fingerprint density at radius 1 is 1.21 bits per heavy atom. The Morgan fingerprint density at radius 3 is 2.90 bits per heavy atom. The van der Waals surface area contributed by atoms with E-state index in [1.54, 1.807) is 12.3 Å². The number of aromatic nitrogens is 2. The molecule has 29 heavy (non-hydrogen) atoms. The van der Waals surface area contributed by atoms with Crippen LogP contribution in [0.15, 0.2) is 49.0 Å². The summed E-state index contributed by atoms with van der Waals surface area (Å²) in [5, 5.41) is 1.93. The summed E-state index contributed by atoms with van der Waals surface area (Å²) < 4.78 is 12.9. The lowest BCUT2D eigenvalue weighted by molar-refractivity contribution is -0.136. The van der Waals surface area contributed by atoms with Crippen LogP contribution >= 0.6 is 0 Å². The van der Waals surface area contributed by atoms with E-state index in [0.717, 1.165) is 38.4 Å². The number of carbonyl (C=O) groups is 1. The number of hydrogen-bond donors (Lipinski definition) is 1. The summed E-state index contributed by atoms with van der Waals surface area (Å²) in [5.41, 5.74) is 11.0. The Labute approximate surface area is 167 Å². The molecule has 146 valence electrons. The van der Waals surface area contributed by atoms with Gasteiger partial charge in [-0.15, -0.1) is 0 Å². The van der Waals surface area contributed by atoms with E-state index in [1.807, 2.05) is 32.1 Å². The van der Waals surface area contributed by atoms with Crippen molar-refractivity contribution in [3.63, 3.8) is 0 Å². The third-order valence-corrected chi connectivity index (χ3v) is 5.36. The van der Waals surface area contributed by atoms with Crippen LogP contribution in [0.3, 0.4) is 0 Å². The summed E-state index contributed by atoms with van der Waals surface area (Å²) in [6.45, 7) is 4.36. The van der Waals surface area contributed by atoms with Crippen LogP contribution in [0, 0.1) is 5.92 Å². The molecule has 4 heterocycles. The molecule has 4 aromatic rings. The quantitative estimate of drug-likeness (QED) is 0.424. The lowest BCUT2D eigenvalue weighted by atomic mass is 10.1. The number of hydrogen-bond acceptors (Lipinski definition) is 5. The number of pyridine rings is 2. The van der Waals surface area contributed by atoms with E-state index in [-0.39, 0.29) is 5.92 Å². The first-order chi connectivity index (χ1) is 14.0. The molecule has 0 spiro atoms. The Hall–Kier alpha value is -3.38. The van der Waals surface area contributed by atoms with Gasteiger partial charge in [0.1, 0.15) is 18.4 Å². The van der Waals surface area contributed by atoms with Gasteiger partial charge in [-0.2, -0.15) is 0 Å². The van der Waals surface area contributed by atoms with Gasteiger partial charge in [-0.1, -0.05) is 13.8 Å². The van der Waals surface area contributed by atoms with Crippen molar-refractivity contribution in [3.8, 4) is 5.75 Å². The molecule has 1 aromatic carbocycles. The molecule has 0 unspecified atom stereocenters. The average Bonchev–Trinajstić information content (AvgIpc) is 3.05. The second kappa shape index (κ2) is 6.60. The second-order valence-electron chi connectivity index (χ2n) is 7.76. The molecule has 1 aliphatic rings. The maximum absolute atomic E-state index is 12.2. The zero-order valence-corrected chi connectivity index (χ0v) is 16.3. The predicted octanol–water partition coefficient (Wildman–Crippen LogP) is 4.03. The van der Waals surface area contributed by atoms with Crippen LogP contribution in [0.4, 0.5) is 0 Å². The lowest BCUT2D eigenvalue weighted by Gasteiger charge is -2.14. The van der Waals surface area contributed by atoms with Crippen LogP contribution in [0.5, 0.6) is 5.75 Å². The molecule has 1 atom stereocenters. The van der Waals surface area contributed by atoms with Gasteiger partial charge in [0.05, 0.1) is 22.8 Å². The zero-order valence-electron chi connectivity index (χ0n) is 16.3. The molecule has 0 saturated heterocycles. The summed E-state index contributed by atoms with van der Waals surface area (Å²) >= 11 is 0. The number of benzene rings is 1. The van der Waals surface area contributed by atoms with Crippen LogP contribution < -0.4 is 10.5 Å². The monoisotopic (exact) mass is 387 g/mol. The number of ether oxygens (including phenoxy) is 2. The van der Waals surface area contributed by atoms with Gasteiger partial charge < -0.3 is 19.6 Å². The van der Waals surface area contributed by atoms with E-state index in [9.17, 15) is 4.79 Å². The fourth-order valence-electron chi connectivity index (χ4n) is 3.60. The van der Waals surface area contributed by atoms with E-state index in [0.29, 0.717) is 12.4 Å². The SMILES string of the molecule is CC(C)[C@H](N)C(=O)Oc1ccc2nc3c(cc2c1)cn1cc2c(cc31)C=COC2. The van der Waals surface area contributed by atoms with Crippen molar-refractivity contribution in [3.05, 3.63) is 60.1 Å². The summed E-state index contributed by atoms with van der Waals surface area (Å²) in [5.74, 6) is 0.0641. The van der Waals surface area contributed by atoms with E-state index >= 15 is 0 Å². The Balaban J connectivity index is 1.58. The molecule has 3 aromatic heterocycles. The molecule has 5 rings (SSSR count). The molecule has 0 amide bonds. The van der Waals surface area contributed by atoms with Crippen LogP contribution in [-0.2, 0) is 16.1 Å². The van der Waals surface area contributed by atoms with Gasteiger partial charge in [0.2, 0.25) is 0 Å². The molecule has 0 aliphatic carbocycles. The van der Waals surface area contributed by atoms with Gasteiger partial charge in [-0.3, -0.25) is 0 Å². The first-order valence-electron chi connectivity index (χ1n) is 9.63. The van der Waals surface area contributed by atoms with Crippen LogP contribution in [-0.4, -0.2) is 21.4 Å². The van der Waals surface area contributed by atoms with Crippen molar-refractivity contribution in [2.75, 3.05) is 0 Å². The van der Waals surface area contributed by atoms with Gasteiger partial charge in [0.15, 0.2) is 0 Å². The normalized spacial score (nSPS) is 14.3. The maximum Gasteiger partial charge on any atom is 0.328 e. The fourth-order valence-corrected chi connectivity index (χ4v) is 3.60. The second-order valence-corrected chi connectivity index (χ2v) is 7.76. The van der Waals surface area contributed by atoms with Gasteiger partial charge in [0.25, 0.3) is 0 Å². The summed E-state index contributed by atoms with van der Waals surface area (Å²) in [7, 11) is 0. The van der Waals surface area contributed by atoms with E-state index in [2.05, 4.69) is 28.9 Å². The molecule has 6 nitrogen and oxygen atoms in total. The smallest absolute Gasteiger partial charge is 0.328 e. The first-order valence-corrected chi connectivity index (χ1v) is 9.63. The van der Waals surface area contributed by atoms with Crippen molar-refractivity contribution in [1.29, 1.82) is 0 Å².